The van der Waals surface area contributed by atoms with Gasteiger partial charge in [-0.15, -0.1) is 0 Å². The molecule has 0 amide bonds. The second kappa shape index (κ2) is 38.2. The molecule has 308 valence electrons. The molecular formula is C42H76NO9P. The number of aliphatic carboxylic acids is 1. The number of esters is 1. The average molecular weight is 770 g/mol. The van der Waals surface area contributed by atoms with E-state index in [-0.39, 0.29) is 13.0 Å². The molecule has 0 aliphatic rings. The largest absolute Gasteiger partial charge is 0.480 e. The third-order valence-corrected chi connectivity index (χ3v) is 9.57. The minimum Gasteiger partial charge on any atom is -0.480 e. The predicted molar refractivity (Wildman–Crippen MR) is 217 cm³/mol. The zero-order valence-corrected chi connectivity index (χ0v) is 34.2. The van der Waals surface area contributed by atoms with Crippen molar-refractivity contribution in [1.82, 2.24) is 0 Å². The highest BCUT2D eigenvalue weighted by atomic mass is 31.2. The molecule has 53 heavy (non-hydrogen) atoms. The van der Waals surface area contributed by atoms with Crippen LogP contribution in [0, 0.1) is 0 Å². The SMILES string of the molecule is CC/C=C\C/C=C\C/C=C\C/C=C\CCCCCCCCCCCCCOCC(COP(=O)(O)OCC(N)C(=O)O)OC(=O)CCCCCCCCC. The van der Waals surface area contributed by atoms with Crippen molar-refractivity contribution in [3.8, 4) is 0 Å². The lowest BCUT2D eigenvalue weighted by Gasteiger charge is -2.20. The lowest BCUT2D eigenvalue weighted by Crippen LogP contribution is -2.34. The monoisotopic (exact) mass is 770 g/mol. The van der Waals surface area contributed by atoms with Gasteiger partial charge in [0.15, 0.2) is 0 Å². The molecule has 0 saturated carbocycles. The number of carboxylic acids is 1. The average Bonchev–Trinajstić information content (AvgIpc) is 3.13. The van der Waals surface area contributed by atoms with Crippen LogP contribution in [0.5, 0.6) is 0 Å². The lowest BCUT2D eigenvalue weighted by molar-refractivity contribution is -0.154. The number of hydrogen-bond donors (Lipinski definition) is 3. The summed E-state index contributed by atoms with van der Waals surface area (Å²) in [5.41, 5.74) is 5.33. The molecule has 0 spiro atoms. The van der Waals surface area contributed by atoms with E-state index in [1.54, 1.807) is 0 Å². The molecule has 0 aromatic rings. The highest BCUT2D eigenvalue weighted by molar-refractivity contribution is 7.47. The van der Waals surface area contributed by atoms with E-state index in [0.717, 1.165) is 64.2 Å². The fourth-order valence-corrected chi connectivity index (χ4v) is 6.20. The van der Waals surface area contributed by atoms with Gasteiger partial charge < -0.3 is 25.2 Å². The molecular weight excluding hydrogens is 693 g/mol. The van der Waals surface area contributed by atoms with Crippen molar-refractivity contribution < 1.29 is 42.7 Å². The number of phosphoric ester groups is 1. The Balaban J connectivity index is 4.04. The van der Waals surface area contributed by atoms with E-state index in [1.165, 1.54) is 77.0 Å². The third kappa shape index (κ3) is 38.0. The number of allylic oxidation sites excluding steroid dienone is 8. The van der Waals surface area contributed by atoms with Gasteiger partial charge in [0.1, 0.15) is 12.1 Å². The Labute approximate surface area is 322 Å². The maximum Gasteiger partial charge on any atom is 0.472 e. The number of carbonyl (C=O) groups excluding carboxylic acids is 1. The lowest BCUT2D eigenvalue weighted by atomic mass is 10.1. The Kier molecular flexibility index (Phi) is 36.7. The van der Waals surface area contributed by atoms with Gasteiger partial charge in [0.05, 0.1) is 19.8 Å². The second-order valence-electron chi connectivity index (χ2n) is 13.7. The summed E-state index contributed by atoms with van der Waals surface area (Å²) in [7, 11) is -4.61. The number of carbonyl (C=O) groups is 2. The van der Waals surface area contributed by atoms with E-state index < -0.39 is 45.1 Å². The molecule has 0 bridgehead atoms. The minimum atomic E-state index is -4.61. The number of phosphoric acid groups is 1. The van der Waals surface area contributed by atoms with Crippen molar-refractivity contribution in [1.29, 1.82) is 0 Å². The zero-order chi connectivity index (χ0) is 39.1. The first-order chi connectivity index (χ1) is 25.7. The van der Waals surface area contributed by atoms with E-state index in [0.29, 0.717) is 13.0 Å². The Morgan fingerprint density at radius 1 is 0.623 bits per heavy atom. The Hall–Kier alpha value is -2.07. The van der Waals surface area contributed by atoms with Crippen LogP contribution in [0.15, 0.2) is 48.6 Å². The van der Waals surface area contributed by atoms with Crippen molar-refractivity contribution in [2.24, 2.45) is 5.73 Å². The van der Waals surface area contributed by atoms with Crippen LogP contribution in [0.2, 0.25) is 0 Å². The van der Waals surface area contributed by atoms with Crippen LogP contribution in [-0.2, 0) is 32.7 Å². The third-order valence-electron chi connectivity index (χ3n) is 8.62. The summed E-state index contributed by atoms with van der Waals surface area (Å²) in [6.07, 6.45) is 43.4. The molecule has 0 heterocycles. The molecule has 10 nitrogen and oxygen atoms in total. The van der Waals surface area contributed by atoms with E-state index >= 15 is 0 Å². The van der Waals surface area contributed by atoms with Crippen LogP contribution >= 0.6 is 7.82 Å². The van der Waals surface area contributed by atoms with Crippen molar-refractivity contribution in [2.75, 3.05) is 26.4 Å². The molecule has 0 aromatic carbocycles. The maximum absolute atomic E-state index is 12.5. The summed E-state index contributed by atoms with van der Waals surface area (Å²) in [6, 6.07) is -1.47. The van der Waals surface area contributed by atoms with Gasteiger partial charge in [-0.25, -0.2) is 4.57 Å². The van der Waals surface area contributed by atoms with Gasteiger partial charge in [-0.3, -0.25) is 18.6 Å². The normalized spacial score (nSPS) is 14.5. The van der Waals surface area contributed by atoms with Crippen LogP contribution in [0.3, 0.4) is 0 Å². The molecule has 11 heteroatoms. The minimum absolute atomic E-state index is 0.0147. The van der Waals surface area contributed by atoms with E-state index in [4.69, 9.17) is 24.8 Å². The molecule has 0 fully saturated rings. The maximum atomic E-state index is 12.5. The number of ether oxygens (including phenoxy) is 2. The van der Waals surface area contributed by atoms with Gasteiger partial charge in [-0.1, -0.05) is 159 Å². The van der Waals surface area contributed by atoms with Crippen LogP contribution < -0.4 is 5.73 Å². The number of carboxylic acid groups (broad SMARTS) is 1. The topological polar surface area (TPSA) is 155 Å². The van der Waals surface area contributed by atoms with Gasteiger partial charge in [0.25, 0.3) is 0 Å². The summed E-state index contributed by atoms with van der Waals surface area (Å²) in [4.78, 5) is 33.3. The fourth-order valence-electron chi connectivity index (χ4n) is 5.42. The van der Waals surface area contributed by atoms with Gasteiger partial charge in [0, 0.05) is 13.0 Å². The molecule has 0 aliphatic heterocycles. The Morgan fingerprint density at radius 2 is 1.09 bits per heavy atom. The van der Waals surface area contributed by atoms with Gasteiger partial charge >= 0.3 is 19.8 Å². The first-order valence-corrected chi connectivity index (χ1v) is 22.2. The highest BCUT2D eigenvalue weighted by Crippen LogP contribution is 2.43. The summed E-state index contributed by atoms with van der Waals surface area (Å²) in [5, 5.41) is 8.86. The predicted octanol–water partition coefficient (Wildman–Crippen LogP) is 11.1. The molecule has 0 aliphatic carbocycles. The van der Waals surface area contributed by atoms with E-state index in [9.17, 15) is 19.0 Å². The summed E-state index contributed by atoms with van der Waals surface area (Å²) >= 11 is 0. The molecule has 0 radical (unpaired) electrons. The highest BCUT2D eigenvalue weighted by Gasteiger charge is 2.27. The number of rotatable bonds is 39. The van der Waals surface area contributed by atoms with Gasteiger partial charge in [-0.2, -0.15) is 0 Å². The summed E-state index contributed by atoms with van der Waals surface area (Å²) < 4.78 is 33.1. The molecule has 0 saturated heterocycles. The molecule has 3 unspecified atom stereocenters. The van der Waals surface area contributed by atoms with Crippen molar-refractivity contribution in [3.05, 3.63) is 48.6 Å². The van der Waals surface area contributed by atoms with Gasteiger partial charge in [0.2, 0.25) is 0 Å². The molecule has 4 N–H and O–H groups in total. The van der Waals surface area contributed by atoms with Crippen LogP contribution in [0.25, 0.3) is 0 Å². The van der Waals surface area contributed by atoms with Gasteiger partial charge in [-0.05, 0) is 51.4 Å². The summed E-state index contributed by atoms with van der Waals surface area (Å²) in [5.74, 6) is -1.79. The zero-order valence-electron chi connectivity index (χ0n) is 33.3. The first kappa shape index (κ1) is 50.9. The number of nitrogens with two attached hydrogens (primary N) is 1. The first-order valence-electron chi connectivity index (χ1n) is 20.7. The van der Waals surface area contributed by atoms with E-state index in [2.05, 4.69) is 67.0 Å². The Bertz CT molecular complexity index is 1030. The molecule has 3 atom stereocenters. The second-order valence-corrected chi connectivity index (χ2v) is 15.2. The molecule has 0 rings (SSSR count). The summed E-state index contributed by atoms with van der Waals surface area (Å²) in [6.45, 7) is 3.70. The van der Waals surface area contributed by atoms with Crippen LogP contribution in [-0.4, -0.2) is 60.5 Å². The van der Waals surface area contributed by atoms with Crippen LogP contribution in [0.4, 0.5) is 0 Å². The number of unbranched alkanes of at least 4 members (excludes halogenated alkanes) is 17. The number of hydrogen-bond acceptors (Lipinski definition) is 8. The fraction of sp³-hybridized carbons (Fsp3) is 0.762. The van der Waals surface area contributed by atoms with Crippen molar-refractivity contribution in [2.45, 2.75) is 180 Å². The standard InChI is InChI=1S/C42H76NO9P/c1-3-5-7-9-11-12-13-14-15-16-17-18-19-20-21-22-23-24-25-26-27-29-31-33-35-49-36-39(37-50-53(47,48)51-38-40(43)42(45)46)52-41(44)34-32-30-28-10-8-6-4-2/h5,7,11-12,14-15,17-18,39-40H,3-4,6,8-10,13,16,19-38,43H2,1-2H3,(H,45,46)(H,47,48)/b7-5-,12-11-,15-14-,18-17-. The smallest absolute Gasteiger partial charge is 0.472 e. The molecule has 0 aromatic heterocycles. The quantitative estimate of drug-likeness (QED) is 0.0238. The van der Waals surface area contributed by atoms with E-state index in [1.807, 2.05) is 0 Å². The van der Waals surface area contributed by atoms with Crippen molar-refractivity contribution >= 4 is 19.8 Å². The van der Waals surface area contributed by atoms with Crippen molar-refractivity contribution in [3.63, 3.8) is 0 Å². The Morgan fingerprint density at radius 3 is 1.64 bits per heavy atom. The van der Waals surface area contributed by atoms with Crippen LogP contribution in [0.1, 0.15) is 168 Å².